The highest BCUT2D eigenvalue weighted by Gasteiger charge is 2.46. The molecule has 0 radical (unpaired) electrons. The van der Waals surface area contributed by atoms with E-state index in [-0.39, 0.29) is 11.6 Å². The highest BCUT2D eigenvalue weighted by molar-refractivity contribution is 7.14. The van der Waals surface area contributed by atoms with Gasteiger partial charge in [0.05, 0.1) is 6.61 Å². The Bertz CT molecular complexity index is 1090. The van der Waals surface area contributed by atoms with Crippen LogP contribution in [0.4, 0.5) is 8.78 Å². The average Bonchev–Trinajstić information content (AvgIpc) is 2.85. The minimum Gasteiger partial charge on any atom is -0.494 e. The molecule has 2 atom stereocenters. The molecule has 0 heterocycles. The fraction of sp³-hybridized carbons (Fsp3) is 0.214. The molecule has 1 nitrogen and oxygen atoms in total. The van der Waals surface area contributed by atoms with Gasteiger partial charge >= 0.3 is 0 Å². The van der Waals surface area contributed by atoms with Gasteiger partial charge in [-0.3, -0.25) is 0 Å². The molecule has 3 rings (SSSR count). The number of hydrogen-bond acceptors (Lipinski definition) is 1. The molecular weight excluding hydrogens is 482 g/mol. The average molecular weight is 513 g/mol. The molecule has 0 spiro atoms. The van der Waals surface area contributed by atoms with Gasteiger partial charge in [0, 0.05) is 5.50 Å². The van der Waals surface area contributed by atoms with Crippen LogP contribution in [0.5, 0.6) is 5.75 Å². The lowest BCUT2D eigenvalue weighted by molar-refractivity contribution is 0.340. The molecule has 6 heteroatoms. The Balaban J connectivity index is 2.25. The molecule has 0 amide bonds. The van der Waals surface area contributed by atoms with E-state index >= 15 is 0 Å². The maximum absolute atomic E-state index is 13.9. The maximum Gasteiger partial charge on any atom is 0.123 e. The molecule has 3 aromatic rings. The van der Waals surface area contributed by atoms with Crippen LogP contribution in [0, 0.1) is 11.6 Å². The van der Waals surface area contributed by atoms with Crippen LogP contribution in [-0.4, -0.2) is 28.3 Å². The molecule has 3 aromatic carbocycles. The molecule has 0 saturated heterocycles. The van der Waals surface area contributed by atoms with E-state index in [4.69, 9.17) is 16.3 Å². The third-order valence-electron chi connectivity index (χ3n) is 6.50. The summed E-state index contributed by atoms with van der Waals surface area (Å²) in [6, 6.07) is 23.5. The molecule has 0 N–H and O–H groups in total. The quantitative estimate of drug-likeness (QED) is 0.165. The minimum absolute atomic E-state index is 0.262. The van der Waals surface area contributed by atoms with Crippen LogP contribution < -0.4 is 20.3 Å². The zero-order valence-electron chi connectivity index (χ0n) is 19.6. The van der Waals surface area contributed by atoms with Gasteiger partial charge in [0.25, 0.3) is 0 Å². The third kappa shape index (κ3) is 5.59. The maximum atomic E-state index is 13.9. The summed E-state index contributed by atoms with van der Waals surface area (Å²) in [6.07, 6.45) is 3.91. The van der Waals surface area contributed by atoms with Gasteiger partial charge in [0.15, 0.2) is 0 Å². The van der Waals surface area contributed by atoms with E-state index in [1.54, 1.807) is 0 Å². The number of alkyl halides is 1. The zero-order chi connectivity index (χ0) is 24.6. The van der Waals surface area contributed by atoms with Crippen LogP contribution in [0.25, 0.3) is 0 Å². The molecule has 0 aromatic heterocycles. The normalized spacial score (nSPS) is 14.6. The first-order valence-electron chi connectivity index (χ1n) is 11.5. The molecule has 34 heavy (non-hydrogen) atoms. The Morgan fingerprint density at radius 1 is 0.765 bits per heavy atom. The van der Waals surface area contributed by atoms with Gasteiger partial charge in [-0.2, -0.15) is 0 Å². The van der Waals surface area contributed by atoms with Gasteiger partial charge in [-0.1, -0.05) is 64.1 Å². The van der Waals surface area contributed by atoms with Crippen molar-refractivity contribution in [1.82, 2.24) is 0 Å². The van der Waals surface area contributed by atoms with Gasteiger partial charge in [-0.05, 0) is 61.1 Å². The van der Waals surface area contributed by atoms with Crippen LogP contribution >= 0.6 is 11.6 Å². The van der Waals surface area contributed by atoms with E-state index in [9.17, 15) is 8.78 Å². The number of hydrogen-bond donors (Lipinski definition) is 0. The summed E-state index contributed by atoms with van der Waals surface area (Å²) in [5, 5.41) is 3.46. The van der Waals surface area contributed by atoms with E-state index in [2.05, 4.69) is 25.3 Å². The molecule has 178 valence electrons. The topological polar surface area (TPSA) is 9.23 Å². The van der Waals surface area contributed by atoms with Crippen molar-refractivity contribution in [2.75, 3.05) is 12.1 Å². The summed E-state index contributed by atoms with van der Waals surface area (Å²) in [4.78, 5) is 0. The first-order valence-corrected chi connectivity index (χ1v) is 17.0. The van der Waals surface area contributed by atoms with E-state index in [1.807, 2.05) is 55.5 Å². The van der Waals surface area contributed by atoms with Crippen molar-refractivity contribution in [3.63, 3.8) is 0 Å². The standard InChI is InChI=1S/C28H31ClF2OSi2/c1-4-19-33(21-29,26-13-7-23(30)8-14-26)22-34(20-5-2,27-15-9-24(31)10-16-27)28-17-11-25(12-18-28)32-6-3/h4-5,7-18H,1-2,6,19-22H2,3H3. The predicted octanol–water partition coefficient (Wildman–Crippen LogP) is 5.97. The van der Waals surface area contributed by atoms with Crippen molar-refractivity contribution in [3.8, 4) is 5.75 Å². The van der Waals surface area contributed by atoms with Crippen molar-refractivity contribution in [2.45, 2.75) is 24.7 Å². The van der Waals surface area contributed by atoms with Crippen LogP contribution in [0.1, 0.15) is 6.92 Å². The first-order chi connectivity index (χ1) is 16.4. The number of ether oxygens (including phenoxy) is 1. The summed E-state index contributed by atoms with van der Waals surface area (Å²) >= 11 is 6.79. The summed E-state index contributed by atoms with van der Waals surface area (Å²) in [7, 11) is -4.89. The molecule has 0 aliphatic rings. The lowest BCUT2D eigenvalue weighted by Crippen LogP contribution is -2.66. The lowest BCUT2D eigenvalue weighted by atomic mass is 10.3. The summed E-state index contributed by atoms with van der Waals surface area (Å²) in [5.74, 6) is 0.291. The van der Waals surface area contributed by atoms with E-state index < -0.39 is 16.1 Å². The SMILES string of the molecule is C=CC[Si](CCl)(C[Si](CC=C)(c1ccc(F)cc1)c1ccc(OCC)cc1)c1ccc(F)cc1. The number of halogens is 3. The highest BCUT2D eigenvalue weighted by Crippen LogP contribution is 2.29. The minimum atomic E-state index is -2.51. The third-order valence-corrected chi connectivity index (χ3v) is 20.2. The highest BCUT2D eigenvalue weighted by atomic mass is 35.5. The second-order valence-corrected chi connectivity index (χ2v) is 18.4. The number of rotatable bonds is 12. The number of benzene rings is 3. The molecular formula is C28H31ClF2OSi2. The van der Waals surface area contributed by atoms with Gasteiger partial charge in [0.2, 0.25) is 0 Å². The molecule has 0 saturated carbocycles. The Hall–Kier alpha value is -2.48. The summed E-state index contributed by atoms with van der Waals surface area (Å²) in [5.41, 5.74) is 1.35. The largest absolute Gasteiger partial charge is 0.494 e. The van der Waals surface area contributed by atoms with Gasteiger partial charge in [-0.15, -0.1) is 24.8 Å². The van der Waals surface area contributed by atoms with Gasteiger partial charge in [0.1, 0.15) is 33.5 Å². The molecule has 0 aliphatic carbocycles. The van der Waals surface area contributed by atoms with Crippen molar-refractivity contribution < 1.29 is 13.5 Å². The van der Waals surface area contributed by atoms with Crippen molar-refractivity contribution >= 4 is 43.3 Å². The second kappa shape index (κ2) is 11.8. The summed E-state index contributed by atoms with van der Waals surface area (Å²) in [6.45, 7) is 10.7. The molecule has 0 fully saturated rings. The second-order valence-electron chi connectivity index (χ2n) is 8.63. The van der Waals surface area contributed by atoms with E-state index in [0.29, 0.717) is 12.1 Å². The fourth-order valence-corrected chi connectivity index (χ4v) is 19.9. The monoisotopic (exact) mass is 512 g/mol. The number of allylic oxidation sites excluding steroid dienone is 2. The van der Waals surface area contributed by atoms with Crippen LogP contribution in [0.15, 0.2) is 98.1 Å². The summed E-state index contributed by atoms with van der Waals surface area (Å²) < 4.78 is 33.4. The Labute approximate surface area is 208 Å². The lowest BCUT2D eigenvalue weighted by Gasteiger charge is -2.41. The Morgan fingerprint density at radius 3 is 1.68 bits per heavy atom. The van der Waals surface area contributed by atoms with E-state index in [0.717, 1.165) is 33.9 Å². The molecule has 2 unspecified atom stereocenters. The van der Waals surface area contributed by atoms with Crippen LogP contribution in [0.2, 0.25) is 17.8 Å². The van der Waals surface area contributed by atoms with Gasteiger partial charge < -0.3 is 4.74 Å². The van der Waals surface area contributed by atoms with Crippen molar-refractivity contribution in [1.29, 1.82) is 0 Å². The van der Waals surface area contributed by atoms with E-state index in [1.165, 1.54) is 29.5 Å². The Morgan fingerprint density at radius 2 is 1.24 bits per heavy atom. The van der Waals surface area contributed by atoms with Gasteiger partial charge in [-0.25, -0.2) is 8.78 Å². The van der Waals surface area contributed by atoms with Crippen molar-refractivity contribution in [3.05, 3.63) is 110 Å². The fourth-order valence-electron chi connectivity index (χ4n) is 4.86. The van der Waals surface area contributed by atoms with Crippen LogP contribution in [-0.2, 0) is 0 Å². The van der Waals surface area contributed by atoms with Crippen LogP contribution in [0.3, 0.4) is 0 Å². The predicted molar refractivity (Wildman–Crippen MR) is 146 cm³/mol. The smallest absolute Gasteiger partial charge is 0.123 e. The Kier molecular flexibility index (Phi) is 9.06. The molecule has 0 aliphatic heterocycles. The molecule has 0 bridgehead atoms. The zero-order valence-corrected chi connectivity index (χ0v) is 22.3. The van der Waals surface area contributed by atoms with Crippen molar-refractivity contribution in [2.24, 2.45) is 0 Å². The first kappa shape index (κ1) is 26.1.